The number of alkyl halides is 2. The van der Waals surface area contributed by atoms with Gasteiger partial charge in [-0.2, -0.15) is 10.2 Å². The maximum Gasteiger partial charge on any atom is 0.309 e. The number of hydrogen-bond acceptors (Lipinski definition) is 8. The van der Waals surface area contributed by atoms with E-state index >= 15 is 0 Å². The van der Waals surface area contributed by atoms with Gasteiger partial charge in [-0.1, -0.05) is 0 Å². The quantitative estimate of drug-likeness (QED) is 0.492. The lowest BCUT2D eigenvalue weighted by molar-refractivity contribution is -0.385. The maximum absolute atomic E-state index is 13.9. The van der Waals surface area contributed by atoms with Gasteiger partial charge in [-0.25, -0.2) is 8.78 Å². The highest BCUT2D eigenvalue weighted by molar-refractivity contribution is 5.32. The second kappa shape index (κ2) is 10.3. The van der Waals surface area contributed by atoms with Crippen LogP contribution in [0.3, 0.4) is 0 Å². The van der Waals surface area contributed by atoms with Gasteiger partial charge in [0.2, 0.25) is 0 Å². The number of piperidine rings is 2. The molecule has 0 bridgehead atoms. The molecule has 0 amide bonds. The van der Waals surface area contributed by atoms with Crippen molar-refractivity contribution in [2.75, 3.05) is 40.3 Å². The Labute approximate surface area is 189 Å². The lowest BCUT2D eigenvalue weighted by atomic mass is 10.0. The number of nitrogens with zero attached hydrogens (tertiary/aromatic N) is 8. The van der Waals surface area contributed by atoms with E-state index in [2.05, 4.69) is 10.2 Å². The molecule has 4 atom stereocenters. The van der Waals surface area contributed by atoms with Crippen LogP contribution in [-0.4, -0.2) is 91.8 Å². The van der Waals surface area contributed by atoms with Gasteiger partial charge in [-0.15, -0.1) is 0 Å². The van der Waals surface area contributed by atoms with Crippen LogP contribution in [0, 0.1) is 27.2 Å². The van der Waals surface area contributed by atoms with Gasteiger partial charge in [0, 0.05) is 26.2 Å². The zero-order valence-corrected chi connectivity index (χ0v) is 18.8. The zero-order valence-electron chi connectivity index (χ0n) is 18.8. The molecule has 0 aromatic carbocycles. The van der Waals surface area contributed by atoms with Crippen molar-refractivity contribution in [2.24, 2.45) is 0 Å². The largest absolute Gasteiger partial charge is 0.309 e. The first-order valence-electron chi connectivity index (χ1n) is 10.6. The van der Waals surface area contributed by atoms with Gasteiger partial charge in [-0.05, 0) is 33.9 Å². The van der Waals surface area contributed by atoms with E-state index < -0.39 is 22.2 Å². The number of likely N-dealkylation sites (tertiary alicyclic amines) is 2. The third kappa shape index (κ3) is 5.68. The Kier molecular flexibility index (Phi) is 7.68. The summed E-state index contributed by atoms with van der Waals surface area (Å²) in [4.78, 5) is 24.0. The molecule has 4 unspecified atom stereocenters. The van der Waals surface area contributed by atoms with E-state index in [0.29, 0.717) is 31.6 Å². The molecule has 2 fully saturated rings. The minimum Gasteiger partial charge on any atom is -0.303 e. The maximum atomic E-state index is 13.9. The van der Waals surface area contributed by atoms with Crippen LogP contribution < -0.4 is 0 Å². The summed E-state index contributed by atoms with van der Waals surface area (Å²) in [6.07, 6.45) is 2.83. The molecule has 0 spiro atoms. The Morgan fingerprint density at radius 1 is 0.939 bits per heavy atom. The van der Waals surface area contributed by atoms with Gasteiger partial charge in [0.05, 0.1) is 21.9 Å². The Bertz CT molecular complexity index is 983. The summed E-state index contributed by atoms with van der Waals surface area (Å²) in [5, 5.41) is 29.0. The van der Waals surface area contributed by atoms with Crippen molar-refractivity contribution < 1.29 is 18.6 Å². The molecular weight excluding hydrogens is 442 g/mol. The minimum atomic E-state index is -1.04. The van der Waals surface area contributed by atoms with E-state index in [1.807, 2.05) is 23.9 Å². The van der Waals surface area contributed by atoms with Gasteiger partial charge in [0.1, 0.15) is 36.6 Å². The van der Waals surface area contributed by atoms with E-state index in [9.17, 15) is 29.0 Å². The summed E-state index contributed by atoms with van der Waals surface area (Å²) < 4.78 is 30.4. The standard InChI is InChI=1S/C10H15FN4O2.C9H13FN4O2/c1-7-10(15(16)17)5-12-14(7)9-3-4-13(2)6-8(9)11;1-12-3-2-9(8(10)6-12)13-5-7(4-11-13)14(15)16/h5,8-9H,3-4,6H2,1-2H3;4-5,8-9H,2-3,6H2,1H3. The highest BCUT2D eigenvalue weighted by Gasteiger charge is 2.32. The predicted molar refractivity (Wildman–Crippen MR) is 115 cm³/mol. The average Bonchev–Trinajstić information content (AvgIpc) is 3.36. The van der Waals surface area contributed by atoms with Crippen molar-refractivity contribution in [3.8, 4) is 0 Å². The van der Waals surface area contributed by atoms with E-state index in [4.69, 9.17) is 0 Å². The normalized spacial score (nSPS) is 26.5. The van der Waals surface area contributed by atoms with Crippen LogP contribution in [0.1, 0.15) is 30.6 Å². The predicted octanol–water partition coefficient (Wildman–Crippen LogP) is 2.32. The van der Waals surface area contributed by atoms with Gasteiger partial charge < -0.3 is 9.80 Å². The first-order chi connectivity index (χ1) is 15.6. The highest BCUT2D eigenvalue weighted by atomic mass is 19.1. The second-order valence-electron chi connectivity index (χ2n) is 8.52. The van der Waals surface area contributed by atoms with E-state index in [1.165, 1.54) is 21.8 Å². The number of aromatic nitrogens is 4. The van der Waals surface area contributed by atoms with Crippen molar-refractivity contribution in [2.45, 2.75) is 44.2 Å². The molecule has 182 valence electrons. The molecule has 12 nitrogen and oxygen atoms in total. The van der Waals surface area contributed by atoms with Crippen LogP contribution >= 0.6 is 0 Å². The van der Waals surface area contributed by atoms with E-state index in [-0.39, 0.29) is 23.5 Å². The Morgan fingerprint density at radius 2 is 1.52 bits per heavy atom. The van der Waals surface area contributed by atoms with Gasteiger partial charge in [-0.3, -0.25) is 29.6 Å². The Balaban J connectivity index is 0.000000186. The van der Waals surface area contributed by atoms with E-state index in [0.717, 1.165) is 19.3 Å². The molecule has 2 aliphatic heterocycles. The van der Waals surface area contributed by atoms with Crippen LogP contribution in [0.15, 0.2) is 18.6 Å². The minimum absolute atomic E-state index is 0.0453. The molecule has 33 heavy (non-hydrogen) atoms. The first kappa shape index (κ1) is 24.6. The third-order valence-electron chi connectivity index (χ3n) is 6.09. The molecule has 2 saturated heterocycles. The molecule has 0 N–H and O–H groups in total. The van der Waals surface area contributed by atoms with Crippen LogP contribution in [0.5, 0.6) is 0 Å². The summed E-state index contributed by atoms with van der Waals surface area (Å²) in [5.41, 5.74) is 0.287. The Hall–Kier alpha value is -3.00. The number of rotatable bonds is 4. The molecule has 4 heterocycles. The van der Waals surface area contributed by atoms with Gasteiger partial charge in [0.25, 0.3) is 0 Å². The van der Waals surface area contributed by atoms with Crippen molar-refractivity contribution in [3.63, 3.8) is 0 Å². The average molecular weight is 470 g/mol. The van der Waals surface area contributed by atoms with Gasteiger partial charge in [0.15, 0.2) is 0 Å². The summed E-state index contributed by atoms with van der Waals surface area (Å²) in [5.74, 6) is 0. The molecule has 14 heteroatoms. The zero-order chi connectivity index (χ0) is 24.3. The summed E-state index contributed by atoms with van der Waals surface area (Å²) in [6.45, 7) is 3.85. The molecule has 2 aromatic rings. The van der Waals surface area contributed by atoms with Crippen LogP contribution in [0.25, 0.3) is 0 Å². The molecule has 4 rings (SSSR count). The van der Waals surface area contributed by atoms with Crippen LogP contribution in [0.2, 0.25) is 0 Å². The molecule has 2 aromatic heterocycles. The summed E-state index contributed by atoms with van der Waals surface area (Å²) in [7, 11) is 3.72. The van der Waals surface area contributed by atoms with Crippen LogP contribution in [-0.2, 0) is 0 Å². The Morgan fingerprint density at radius 3 is 1.97 bits per heavy atom. The first-order valence-corrected chi connectivity index (χ1v) is 10.6. The monoisotopic (exact) mass is 470 g/mol. The number of halogens is 2. The fourth-order valence-electron chi connectivity index (χ4n) is 4.19. The molecule has 2 aliphatic rings. The third-order valence-corrected chi connectivity index (χ3v) is 6.09. The fourth-order valence-corrected chi connectivity index (χ4v) is 4.19. The SMILES string of the molecule is CN1CCC(n2cc([N+](=O)[O-])cn2)C(F)C1.Cc1c([N+](=O)[O-])cnn1C1CCN(C)CC1F. The van der Waals surface area contributed by atoms with Gasteiger partial charge >= 0.3 is 11.4 Å². The lowest BCUT2D eigenvalue weighted by Gasteiger charge is -2.32. The fraction of sp³-hybridized carbons (Fsp3) is 0.684. The van der Waals surface area contributed by atoms with E-state index in [1.54, 1.807) is 6.92 Å². The smallest absolute Gasteiger partial charge is 0.303 e. The highest BCUT2D eigenvalue weighted by Crippen LogP contribution is 2.29. The number of hydrogen-bond donors (Lipinski definition) is 0. The van der Waals surface area contributed by atoms with Crippen molar-refractivity contribution in [1.29, 1.82) is 0 Å². The second-order valence-corrected chi connectivity index (χ2v) is 8.52. The molecule has 0 aliphatic carbocycles. The topological polar surface area (TPSA) is 128 Å². The number of nitro groups is 2. The molecule has 0 radical (unpaired) electrons. The van der Waals surface area contributed by atoms with Crippen LogP contribution in [0.4, 0.5) is 20.2 Å². The summed E-state index contributed by atoms with van der Waals surface area (Å²) >= 11 is 0. The summed E-state index contributed by atoms with van der Waals surface area (Å²) in [6, 6.07) is -0.773. The van der Waals surface area contributed by atoms with Crippen molar-refractivity contribution >= 4 is 11.4 Å². The molecular formula is C19H28F2N8O4. The van der Waals surface area contributed by atoms with Crippen molar-refractivity contribution in [3.05, 3.63) is 44.5 Å². The van der Waals surface area contributed by atoms with Crippen molar-refractivity contribution in [1.82, 2.24) is 29.4 Å². The lowest BCUT2D eigenvalue weighted by Crippen LogP contribution is -2.41. The molecule has 0 saturated carbocycles.